The molecule has 0 bridgehead atoms. The average molecular weight is 331 g/mol. The first-order chi connectivity index (χ1) is 11.7. The number of nitrogens with one attached hydrogen (secondary N) is 2. The molecule has 1 saturated carbocycles. The first kappa shape index (κ1) is 17.1. The lowest BCUT2D eigenvalue weighted by atomic mass is 10.0. The highest BCUT2D eigenvalue weighted by molar-refractivity contribution is 5.74. The van der Waals surface area contributed by atoms with Crippen LogP contribution in [0.1, 0.15) is 50.5 Å². The number of carbonyl (C=O) groups is 1. The van der Waals surface area contributed by atoms with Crippen LogP contribution in [0.2, 0.25) is 0 Å². The number of hydrogen-bond acceptors (Lipinski definition) is 3. The Labute approximate surface area is 144 Å². The van der Waals surface area contributed by atoms with Gasteiger partial charge in [-0.05, 0) is 43.7 Å². The minimum Gasteiger partial charge on any atom is -0.388 e. The van der Waals surface area contributed by atoms with Crippen molar-refractivity contribution in [3.05, 3.63) is 29.8 Å². The van der Waals surface area contributed by atoms with Crippen LogP contribution in [0.15, 0.2) is 24.3 Å². The molecule has 1 aromatic carbocycles. The van der Waals surface area contributed by atoms with Crippen LogP contribution in [0.4, 0.5) is 10.5 Å². The van der Waals surface area contributed by atoms with Gasteiger partial charge in [0.15, 0.2) is 0 Å². The zero-order chi connectivity index (χ0) is 16.8. The fourth-order valence-electron chi connectivity index (χ4n) is 3.80. The molecule has 1 aromatic rings. The summed E-state index contributed by atoms with van der Waals surface area (Å²) in [5.74, 6) is 0. The van der Waals surface area contributed by atoms with Gasteiger partial charge in [-0.1, -0.05) is 31.0 Å². The van der Waals surface area contributed by atoms with Crippen molar-refractivity contribution in [1.82, 2.24) is 10.6 Å². The van der Waals surface area contributed by atoms with E-state index in [1.54, 1.807) is 0 Å². The lowest BCUT2D eigenvalue weighted by Gasteiger charge is -2.30. The van der Waals surface area contributed by atoms with Gasteiger partial charge >= 0.3 is 6.03 Å². The molecule has 1 saturated heterocycles. The minimum atomic E-state index is -0.705. The molecule has 3 N–H and O–H groups in total. The number of benzene rings is 1. The number of piperidine rings is 1. The molecule has 2 fully saturated rings. The minimum absolute atomic E-state index is 0.205. The van der Waals surface area contributed by atoms with Crippen molar-refractivity contribution < 1.29 is 9.90 Å². The second kappa shape index (κ2) is 7.88. The molecule has 1 heterocycles. The molecule has 0 unspecified atom stereocenters. The highest BCUT2D eigenvalue weighted by Crippen LogP contribution is 2.28. The normalized spacial score (nSPS) is 20.0. The number of nitrogens with zero attached hydrogens (tertiary/aromatic N) is 1. The number of para-hydroxylation sites is 1. The van der Waals surface area contributed by atoms with Gasteiger partial charge in [-0.3, -0.25) is 0 Å². The second-order valence-electron chi connectivity index (χ2n) is 7.14. The van der Waals surface area contributed by atoms with Crippen molar-refractivity contribution in [3.63, 3.8) is 0 Å². The maximum atomic E-state index is 12.1. The monoisotopic (exact) mass is 331 g/mol. The highest BCUT2D eigenvalue weighted by atomic mass is 16.3. The molecule has 132 valence electrons. The van der Waals surface area contributed by atoms with E-state index in [2.05, 4.69) is 33.7 Å². The Hall–Kier alpha value is -1.75. The lowest BCUT2D eigenvalue weighted by Crippen LogP contribution is -2.44. The van der Waals surface area contributed by atoms with Crippen LogP contribution in [0.5, 0.6) is 0 Å². The Bertz CT molecular complexity index is 549. The van der Waals surface area contributed by atoms with E-state index in [1.165, 1.54) is 24.9 Å². The van der Waals surface area contributed by atoms with E-state index in [1.807, 2.05) is 6.07 Å². The van der Waals surface area contributed by atoms with Gasteiger partial charge in [0.05, 0.1) is 5.60 Å². The molecule has 5 nitrogen and oxygen atoms in total. The van der Waals surface area contributed by atoms with Crippen LogP contribution < -0.4 is 15.5 Å². The standard InChI is InChI=1S/C19H29N3O2/c23-18(21-15-19(24)10-4-5-11-19)20-14-16-8-2-3-9-17(16)22-12-6-1-7-13-22/h2-3,8-9,24H,1,4-7,10-15H2,(H2,20,21,23). The highest BCUT2D eigenvalue weighted by Gasteiger charge is 2.31. The van der Waals surface area contributed by atoms with Crippen molar-refractivity contribution in [1.29, 1.82) is 0 Å². The largest absolute Gasteiger partial charge is 0.388 e. The summed E-state index contributed by atoms with van der Waals surface area (Å²) < 4.78 is 0. The van der Waals surface area contributed by atoms with Crippen molar-refractivity contribution >= 4 is 11.7 Å². The van der Waals surface area contributed by atoms with Crippen LogP contribution in [-0.2, 0) is 6.54 Å². The van der Waals surface area contributed by atoms with E-state index in [9.17, 15) is 9.90 Å². The van der Waals surface area contributed by atoms with E-state index in [0.717, 1.165) is 44.3 Å². The number of amides is 2. The van der Waals surface area contributed by atoms with Crippen LogP contribution >= 0.6 is 0 Å². The van der Waals surface area contributed by atoms with Crippen LogP contribution in [0.3, 0.4) is 0 Å². The Morgan fingerprint density at radius 2 is 1.75 bits per heavy atom. The van der Waals surface area contributed by atoms with Gasteiger partial charge in [0.2, 0.25) is 0 Å². The van der Waals surface area contributed by atoms with E-state index in [0.29, 0.717) is 13.1 Å². The Kier molecular flexibility index (Phi) is 5.61. The first-order valence-electron chi connectivity index (χ1n) is 9.23. The first-order valence-corrected chi connectivity index (χ1v) is 9.23. The molecule has 0 aromatic heterocycles. The third-order valence-corrected chi connectivity index (χ3v) is 5.24. The molecule has 0 radical (unpaired) electrons. The maximum Gasteiger partial charge on any atom is 0.315 e. The Balaban J connectivity index is 1.51. The number of hydrogen-bond donors (Lipinski definition) is 3. The van der Waals surface area contributed by atoms with Gasteiger partial charge in [-0.15, -0.1) is 0 Å². The number of anilines is 1. The summed E-state index contributed by atoms with van der Waals surface area (Å²) in [5.41, 5.74) is 1.67. The zero-order valence-electron chi connectivity index (χ0n) is 14.4. The predicted octanol–water partition coefficient (Wildman–Crippen LogP) is 2.78. The number of rotatable bonds is 5. The quantitative estimate of drug-likeness (QED) is 0.777. The summed E-state index contributed by atoms with van der Waals surface area (Å²) in [4.78, 5) is 14.5. The molecule has 5 heteroatoms. The summed E-state index contributed by atoms with van der Waals surface area (Å²) in [6.45, 7) is 3.04. The third-order valence-electron chi connectivity index (χ3n) is 5.24. The zero-order valence-corrected chi connectivity index (χ0v) is 14.4. The van der Waals surface area contributed by atoms with Crippen LogP contribution in [0, 0.1) is 0 Å². The van der Waals surface area contributed by atoms with E-state index >= 15 is 0 Å². The summed E-state index contributed by atoms with van der Waals surface area (Å²) in [6, 6.07) is 8.09. The Morgan fingerprint density at radius 3 is 2.50 bits per heavy atom. The van der Waals surface area contributed by atoms with Gasteiger partial charge in [-0.25, -0.2) is 4.79 Å². The molecule has 2 amide bonds. The topological polar surface area (TPSA) is 64.6 Å². The van der Waals surface area contributed by atoms with Gasteiger partial charge in [0, 0.05) is 31.9 Å². The molecule has 0 atom stereocenters. The van der Waals surface area contributed by atoms with Gasteiger partial charge in [0.1, 0.15) is 0 Å². The van der Waals surface area contributed by atoms with Crippen LogP contribution in [-0.4, -0.2) is 36.4 Å². The third kappa shape index (κ3) is 4.41. The van der Waals surface area contributed by atoms with Gasteiger partial charge in [0.25, 0.3) is 0 Å². The smallest absolute Gasteiger partial charge is 0.315 e. The molecule has 0 spiro atoms. The Morgan fingerprint density at radius 1 is 1.04 bits per heavy atom. The fraction of sp³-hybridized carbons (Fsp3) is 0.632. The van der Waals surface area contributed by atoms with Crippen LogP contribution in [0.25, 0.3) is 0 Å². The van der Waals surface area contributed by atoms with E-state index in [4.69, 9.17) is 0 Å². The van der Waals surface area contributed by atoms with Crippen molar-refractivity contribution in [2.24, 2.45) is 0 Å². The summed E-state index contributed by atoms with van der Waals surface area (Å²) >= 11 is 0. The van der Waals surface area contributed by atoms with E-state index in [-0.39, 0.29) is 6.03 Å². The molecule has 2 aliphatic rings. The molecule has 1 aliphatic carbocycles. The van der Waals surface area contributed by atoms with Crippen molar-refractivity contribution in [2.45, 2.75) is 57.1 Å². The lowest BCUT2D eigenvalue weighted by molar-refractivity contribution is 0.0501. The molecule has 3 rings (SSSR count). The maximum absolute atomic E-state index is 12.1. The summed E-state index contributed by atoms with van der Waals surface area (Å²) in [6.07, 6.45) is 7.44. The second-order valence-corrected chi connectivity index (χ2v) is 7.14. The van der Waals surface area contributed by atoms with E-state index < -0.39 is 5.60 Å². The van der Waals surface area contributed by atoms with Crippen molar-refractivity contribution in [2.75, 3.05) is 24.5 Å². The molecule has 1 aliphatic heterocycles. The SMILES string of the molecule is O=C(NCc1ccccc1N1CCCCC1)NCC1(O)CCCC1. The molecule has 24 heavy (non-hydrogen) atoms. The van der Waals surface area contributed by atoms with Gasteiger partial charge < -0.3 is 20.6 Å². The summed E-state index contributed by atoms with van der Waals surface area (Å²) in [5, 5.41) is 16.0. The predicted molar refractivity (Wildman–Crippen MR) is 96.2 cm³/mol. The number of aliphatic hydroxyl groups is 1. The summed E-state index contributed by atoms with van der Waals surface area (Å²) in [7, 11) is 0. The number of carbonyl (C=O) groups excluding carboxylic acids is 1. The van der Waals surface area contributed by atoms with Crippen molar-refractivity contribution in [3.8, 4) is 0 Å². The fourth-order valence-corrected chi connectivity index (χ4v) is 3.80. The molecular weight excluding hydrogens is 302 g/mol. The van der Waals surface area contributed by atoms with Gasteiger partial charge in [-0.2, -0.15) is 0 Å². The molecular formula is C19H29N3O2. The number of urea groups is 1. The average Bonchev–Trinajstić information content (AvgIpc) is 3.06.